The Labute approximate surface area is 122 Å². The summed E-state index contributed by atoms with van der Waals surface area (Å²) in [5.41, 5.74) is 4.70. The molecular formula is C13H20N4O4. The summed E-state index contributed by atoms with van der Waals surface area (Å²) in [5, 5.41) is 13.7. The number of carbonyl (C=O) groups is 1. The largest absolute Gasteiger partial charge is 0.390 e. The van der Waals surface area contributed by atoms with Gasteiger partial charge in [-0.15, -0.1) is 0 Å². The Balaban J connectivity index is 1.56. The number of aromatic nitrogens is 2. The number of likely N-dealkylation sites (tertiary alicyclic amines) is 1. The molecule has 8 heteroatoms. The number of carbonyl (C=O) groups excluding carboxylic acids is 1. The molecule has 0 aliphatic carbocycles. The molecule has 8 nitrogen and oxygen atoms in total. The number of hydrogen-bond donors (Lipinski definition) is 2. The highest BCUT2D eigenvalue weighted by molar-refractivity contribution is 5.88. The molecule has 3 N–H and O–H groups in total. The number of primary amides is 1. The molecule has 1 spiro atoms. The summed E-state index contributed by atoms with van der Waals surface area (Å²) in [7, 11) is 0. The average Bonchev–Trinajstić information content (AvgIpc) is 2.94. The first kappa shape index (κ1) is 14.4. The molecule has 1 amide bonds. The van der Waals surface area contributed by atoms with E-state index in [0.717, 1.165) is 45.4 Å². The van der Waals surface area contributed by atoms with Gasteiger partial charge >= 0.3 is 0 Å². The Hall–Kier alpha value is -1.51. The van der Waals surface area contributed by atoms with E-state index in [1.54, 1.807) is 0 Å². The van der Waals surface area contributed by atoms with Gasteiger partial charge in [0.15, 0.2) is 0 Å². The Morgan fingerprint density at radius 1 is 1.48 bits per heavy atom. The lowest BCUT2D eigenvalue weighted by molar-refractivity contribution is -0.177. The number of nitrogens with zero attached hydrogens (tertiary/aromatic N) is 3. The van der Waals surface area contributed by atoms with E-state index in [1.807, 2.05) is 0 Å². The molecule has 0 radical (unpaired) electrons. The maximum atomic E-state index is 10.9. The maximum Gasteiger partial charge on any atom is 0.290 e. The van der Waals surface area contributed by atoms with Crippen molar-refractivity contribution in [2.75, 3.05) is 19.7 Å². The average molecular weight is 296 g/mol. The van der Waals surface area contributed by atoms with Gasteiger partial charge in [-0.1, -0.05) is 5.16 Å². The van der Waals surface area contributed by atoms with Crippen LogP contribution in [0.4, 0.5) is 0 Å². The Morgan fingerprint density at radius 2 is 2.24 bits per heavy atom. The molecule has 2 saturated heterocycles. The fourth-order valence-corrected chi connectivity index (χ4v) is 3.09. The zero-order valence-corrected chi connectivity index (χ0v) is 11.8. The third-order valence-corrected chi connectivity index (χ3v) is 4.37. The molecule has 1 aromatic rings. The number of aliphatic hydroxyl groups is 1. The van der Waals surface area contributed by atoms with Crippen molar-refractivity contribution in [2.24, 2.45) is 5.73 Å². The topological polar surface area (TPSA) is 115 Å². The molecule has 116 valence electrons. The summed E-state index contributed by atoms with van der Waals surface area (Å²) in [5.74, 6) is -0.407. The van der Waals surface area contributed by atoms with Gasteiger partial charge in [-0.25, -0.2) is 0 Å². The molecule has 0 bridgehead atoms. The van der Waals surface area contributed by atoms with E-state index in [4.69, 9.17) is 15.0 Å². The molecule has 21 heavy (non-hydrogen) atoms. The summed E-state index contributed by atoms with van der Waals surface area (Å²) >= 11 is 0. The lowest BCUT2D eigenvalue weighted by Crippen LogP contribution is -2.55. The predicted octanol–water partition coefficient (Wildman–Crippen LogP) is -0.326. The third kappa shape index (κ3) is 2.92. The van der Waals surface area contributed by atoms with Crippen LogP contribution in [0.5, 0.6) is 0 Å². The zero-order chi connectivity index (χ0) is 14.9. The molecular weight excluding hydrogens is 276 g/mol. The number of hydrogen-bond acceptors (Lipinski definition) is 7. The monoisotopic (exact) mass is 296 g/mol. The van der Waals surface area contributed by atoms with Crippen LogP contribution < -0.4 is 5.73 Å². The van der Waals surface area contributed by atoms with Gasteiger partial charge in [-0.2, -0.15) is 4.98 Å². The third-order valence-electron chi connectivity index (χ3n) is 4.37. The lowest BCUT2D eigenvalue weighted by Gasteiger charge is -2.46. The van der Waals surface area contributed by atoms with Crippen molar-refractivity contribution in [2.45, 2.75) is 43.9 Å². The van der Waals surface area contributed by atoms with Gasteiger partial charge in [0.2, 0.25) is 5.89 Å². The maximum absolute atomic E-state index is 10.9. The second-order valence-electron chi connectivity index (χ2n) is 5.72. The molecule has 1 atom stereocenters. The first-order valence-electron chi connectivity index (χ1n) is 7.26. The normalized spacial score (nSPS) is 26.0. The summed E-state index contributed by atoms with van der Waals surface area (Å²) in [6.07, 6.45) is 2.92. The number of aliphatic hydroxyl groups excluding tert-OH is 1. The van der Waals surface area contributed by atoms with Gasteiger partial charge in [0.25, 0.3) is 11.7 Å². The van der Waals surface area contributed by atoms with Crippen LogP contribution in [0, 0.1) is 0 Å². The number of rotatable bonds is 3. The fraction of sp³-hybridized carbons (Fsp3) is 0.769. The van der Waals surface area contributed by atoms with Crippen molar-refractivity contribution in [3.05, 3.63) is 11.7 Å². The van der Waals surface area contributed by atoms with E-state index in [0.29, 0.717) is 12.4 Å². The quantitative estimate of drug-likeness (QED) is 0.785. The Kier molecular flexibility index (Phi) is 3.92. The van der Waals surface area contributed by atoms with Crippen LogP contribution in [0.2, 0.25) is 0 Å². The smallest absolute Gasteiger partial charge is 0.290 e. The summed E-state index contributed by atoms with van der Waals surface area (Å²) < 4.78 is 10.9. The number of ether oxygens (including phenoxy) is 1. The highest BCUT2D eigenvalue weighted by Crippen LogP contribution is 2.35. The number of piperidine rings is 1. The van der Waals surface area contributed by atoms with E-state index < -0.39 is 5.91 Å². The molecule has 2 fully saturated rings. The first-order valence-corrected chi connectivity index (χ1v) is 7.26. The minimum atomic E-state index is -0.693. The van der Waals surface area contributed by atoms with Crippen molar-refractivity contribution in [3.63, 3.8) is 0 Å². The standard InChI is InChI=1S/C13H20N4O4/c14-11(19)12-15-10(21-16-12)8-17-5-3-13(4-6-17)9(18)2-1-7-20-13/h9,18H,1-8H2,(H2,14,19). The van der Waals surface area contributed by atoms with E-state index in [2.05, 4.69) is 15.0 Å². The van der Waals surface area contributed by atoms with E-state index >= 15 is 0 Å². The van der Waals surface area contributed by atoms with Gasteiger partial charge in [0.05, 0.1) is 18.2 Å². The molecule has 2 aliphatic heterocycles. The molecule has 0 saturated carbocycles. The Bertz CT molecular complexity index is 510. The van der Waals surface area contributed by atoms with Gasteiger partial charge in [0.1, 0.15) is 0 Å². The van der Waals surface area contributed by atoms with Gasteiger partial charge in [-0.05, 0) is 25.7 Å². The first-order chi connectivity index (χ1) is 10.1. The SMILES string of the molecule is NC(=O)c1noc(CN2CCC3(CC2)OCCCC3O)n1. The molecule has 2 aliphatic rings. The molecule has 0 aromatic carbocycles. The molecule has 3 heterocycles. The highest BCUT2D eigenvalue weighted by atomic mass is 16.5. The Morgan fingerprint density at radius 3 is 2.86 bits per heavy atom. The van der Waals surface area contributed by atoms with E-state index in [9.17, 15) is 9.90 Å². The minimum Gasteiger partial charge on any atom is -0.390 e. The second-order valence-corrected chi connectivity index (χ2v) is 5.72. The molecule has 1 unspecified atom stereocenters. The van der Waals surface area contributed by atoms with Crippen LogP contribution in [-0.2, 0) is 11.3 Å². The summed E-state index contributed by atoms with van der Waals surface area (Å²) in [4.78, 5) is 17.0. The van der Waals surface area contributed by atoms with Crippen LogP contribution in [0.15, 0.2) is 4.52 Å². The van der Waals surface area contributed by atoms with Crippen LogP contribution in [0.25, 0.3) is 0 Å². The van der Waals surface area contributed by atoms with Crippen LogP contribution in [0.1, 0.15) is 42.2 Å². The molecule has 3 rings (SSSR count). The molecule has 1 aromatic heterocycles. The summed E-state index contributed by atoms with van der Waals surface area (Å²) in [6.45, 7) is 2.77. The van der Waals surface area contributed by atoms with Crippen molar-refractivity contribution in [3.8, 4) is 0 Å². The van der Waals surface area contributed by atoms with Gasteiger partial charge < -0.3 is 20.1 Å². The summed E-state index contributed by atoms with van der Waals surface area (Å²) in [6, 6.07) is 0. The fourth-order valence-electron chi connectivity index (χ4n) is 3.09. The van der Waals surface area contributed by atoms with Crippen molar-refractivity contribution < 1.29 is 19.2 Å². The van der Waals surface area contributed by atoms with Crippen molar-refractivity contribution in [1.82, 2.24) is 15.0 Å². The van der Waals surface area contributed by atoms with Gasteiger partial charge in [-0.3, -0.25) is 9.69 Å². The lowest BCUT2D eigenvalue weighted by atomic mass is 9.82. The minimum absolute atomic E-state index is 0.0930. The van der Waals surface area contributed by atoms with Crippen LogP contribution in [-0.4, -0.2) is 57.5 Å². The second kappa shape index (κ2) is 5.70. The van der Waals surface area contributed by atoms with Crippen molar-refractivity contribution >= 4 is 5.91 Å². The number of nitrogens with two attached hydrogens (primary N) is 1. The predicted molar refractivity (Wildman–Crippen MR) is 71.3 cm³/mol. The zero-order valence-electron chi connectivity index (χ0n) is 11.8. The number of amides is 1. The van der Waals surface area contributed by atoms with E-state index in [-0.39, 0.29) is 17.5 Å². The van der Waals surface area contributed by atoms with Gasteiger partial charge in [0, 0.05) is 19.7 Å². The van der Waals surface area contributed by atoms with Crippen LogP contribution >= 0.6 is 0 Å². The van der Waals surface area contributed by atoms with Crippen molar-refractivity contribution in [1.29, 1.82) is 0 Å². The van der Waals surface area contributed by atoms with E-state index in [1.165, 1.54) is 0 Å². The van der Waals surface area contributed by atoms with Crippen LogP contribution in [0.3, 0.4) is 0 Å². The highest BCUT2D eigenvalue weighted by Gasteiger charge is 2.43.